The number of quaternary nitrogens is 1. The normalized spacial score (nSPS) is 16.7. The van der Waals surface area contributed by atoms with Crippen molar-refractivity contribution in [3.63, 3.8) is 0 Å². The number of methoxy groups -OCH3 is 1. The Kier molecular flexibility index (Phi) is 6.64. The molecule has 2 aromatic carbocycles. The zero-order valence-electron chi connectivity index (χ0n) is 19.2. The van der Waals surface area contributed by atoms with Gasteiger partial charge in [-0.3, -0.25) is 4.79 Å². The number of tetrazole rings is 1. The number of ether oxygens (including phenoxy) is 2. The predicted molar refractivity (Wildman–Crippen MR) is 127 cm³/mol. The van der Waals surface area contributed by atoms with Gasteiger partial charge in [0.1, 0.15) is 31.5 Å². The van der Waals surface area contributed by atoms with E-state index in [0.717, 1.165) is 59.6 Å². The molecular formula is C25H29N6O3+. The number of nitrogens with zero attached hydrogens (tertiary/aromatic N) is 4. The summed E-state index contributed by atoms with van der Waals surface area (Å²) < 4.78 is 13.1. The molecule has 2 N–H and O–H groups in total. The van der Waals surface area contributed by atoms with E-state index in [0.29, 0.717) is 19.6 Å². The Bertz CT molecular complexity index is 1300. The largest absolute Gasteiger partial charge is 0.497 e. The number of fused-ring (bicyclic) bond motifs is 1. The average molecular weight is 462 g/mol. The Labute approximate surface area is 197 Å². The van der Waals surface area contributed by atoms with Gasteiger partial charge in [-0.15, -0.1) is 5.10 Å². The third kappa shape index (κ3) is 5.16. The number of aromatic amines is 1. The number of nitrogens with one attached hydrogen (secondary N) is 2. The fraction of sp³-hybridized carbons (Fsp3) is 0.360. The molecule has 1 saturated heterocycles. The molecule has 0 amide bonds. The van der Waals surface area contributed by atoms with Crippen LogP contribution in [0.3, 0.4) is 0 Å². The quantitative estimate of drug-likeness (QED) is 0.390. The fourth-order valence-electron chi connectivity index (χ4n) is 4.54. The second-order valence-electron chi connectivity index (χ2n) is 8.76. The van der Waals surface area contributed by atoms with E-state index in [-0.39, 0.29) is 11.7 Å². The Morgan fingerprint density at radius 2 is 2.06 bits per heavy atom. The minimum Gasteiger partial charge on any atom is -0.497 e. The average Bonchev–Trinajstić information content (AvgIpc) is 3.52. The molecular weight excluding hydrogens is 432 g/mol. The van der Waals surface area contributed by atoms with Crippen molar-refractivity contribution in [1.82, 2.24) is 25.2 Å². The molecule has 34 heavy (non-hydrogen) atoms. The lowest BCUT2D eigenvalue weighted by Crippen LogP contribution is -3.10. The van der Waals surface area contributed by atoms with Crippen LogP contribution in [0.2, 0.25) is 0 Å². The molecule has 2 atom stereocenters. The molecule has 0 aliphatic carbocycles. The fourth-order valence-corrected chi connectivity index (χ4v) is 4.54. The summed E-state index contributed by atoms with van der Waals surface area (Å²) in [6.45, 7) is 3.32. The van der Waals surface area contributed by atoms with Crippen molar-refractivity contribution in [2.45, 2.75) is 38.6 Å². The Hall–Kier alpha value is -3.56. The topological polar surface area (TPSA) is 99.4 Å². The lowest BCUT2D eigenvalue weighted by Gasteiger charge is -2.22. The van der Waals surface area contributed by atoms with Gasteiger partial charge in [-0.1, -0.05) is 30.3 Å². The van der Waals surface area contributed by atoms with Gasteiger partial charge in [-0.05, 0) is 53.1 Å². The van der Waals surface area contributed by atoms with E-state index < -0.39 is 0 Å². The van der Waals surface area contributed by atoms with E-state index >= 15 is 0 Å². The zero-order valence-corrected chi connectivity index (χ0v) is 19.2. The van der Waals surface area contributed by atoms with Gasteiger partial charge in [0.2, 0.25) is 5.82 Å². The first kappa shape index (κ1) is 22.2. The van der Waals surface area contributed by atoms with Crippen LogP contribution in [0.1, 0.15) is 29.8 Å². The number of aromatic nitrogens is 5. The smallest absolute Gasteiger partial charge is 0.257 e. The van der Waals surface area contributed by atoms with E-state index in [4.69, 9.17) is 9.47 Å². The maximum Gasteiger partial charge on any atom is 0.257 e. The maximum absolute atomic E-state index is 12.9. The number of benzene rings is 2. The highest BCUT2D eigenvalue weighted by atomic mass is 16.5. The summed E-state index contributed by atoms with van der Waals surface area (Å²) in [5.41, 5.74) is 2.57. The van der Waals surface area contributed by atoms with Crippen molar-refractivity contribution in [2.75, 3.05) is 20.3 Å². The number of hydrogen-bond acceptors (Lipinski definition) is 6. The summed E-state index contributed by atoms with van der Waals surface area (Å²) in [5.74, 6) is 1.55. The second-order valence-corrected chi connectivity index (χ2v) is 8.76. The third-order valence-electron chi connectivity index (χ3n) is 6.30. The number of rotatable bonds is 9. The van der Waals surface area contributed by atoms with Crippen LogP contribution >= 0.6 is 0 Å². The highest BCUT2D eigenvalue weighted by Crippen LogP contribution is 2.18. The summed E-state index contributed by atoms with van der Waals surface area (Å²) in [6, 6.07) is 17.7. The number of H-pyrrole nitrogens is 1. The molecule has 0 bridgehead atoms. The SMILES string of the molecule is COc1ccc2[nH]c(=O)c(C[NH+](Cc3nnnn3Cc3ccccc3)C[C@@H]3CCCO3)cc2c1. The molecule has 0 spiro atoms. The van der Waals surface area contributed by atoms with E-state index in [1.807, 2.05) is 47.1 Å². The summed E-state index contributed by atoms with van der Waals surface area (Å²) >= 11 is 0. The molecule has 1 aliphatic heterocycles. The summed E-state index contributed by atoms with van der Waals surface area (Å²) in [6.07, 6.45) is 2.28. The predicted octanol–water partition coefficient (Wildman–Crippen LogP) is 1.34. The zero-order chi connectivity index (χ0) is 23.3. The van der Waals surface area contributed by atoms with Crippen molar-refractivity contribution in [3.05, 3.63) is 81.9 Å². The Morgan fingerprint density at radius 3 is 2.85 bits per heavy atom. The molecule has 9 nitrogen and oxygen atoms in total. The van der Waals surface area contributed by atoms with Crippen LogP contribution in [-0.4, -0.2) is 51.6 Å². The van der Waals surface area contributed by atoms with Crippen LogP contribution in [0.5, 0.6) is 5.75 Å². The lowest BCUT2D eigenvalue weighted by atomic mass is 10.1. The highest BCUT2D eigenvalue weighted by molar-refractivity contribution is 5.80. The van der Waals surface area contributed by atoms with Gasteiger partial charge < -0.3 is 19.4 Å². The van der Waals surface area contributed by atoms with Crippen LogP contribution in [0.15, 0.2) is 59.4 Å². The lowest BCUT2D eigenvalue weighted by molar-refractivity contribution is -0.931. The minimum absolute atomic E-state index is 0.0774. The van der Waals surface area contributed by atoms with Crippen molar-refractivity contribution < 1.29 is 14.4 Å². The monoisotopic (exact) mass is 461 g/mol. The molecule has 9 heteroatoms. The highest BCUT2D eigenvalue weighted by Gasteiger charge is 2.25. The van der Waals surface area contributed by atoms with Crippen molar-refractivity contribution >= 4 is 10.9 Å². The minimum atomic E-state index is -0.0774. The van der Waals surface area contributed by atoms with Crippen LogP contribution < -0.4 is 15.2 Å². The first-order valence-electron chi connectivity index (χ1n) is 11.6. The third-order valence-corrected chi connectivity index (χ3v) is 6.30. The van der Waals surface area contributed by atoms with Gasteiger partial charge in [-0.2, -0.15) is 0 Å². The van der Waals surface area contributed by atoms with Gasteiger partial charge in [-0.25, -0.2) is 4.68 Å². The molecule has 2 aromatic heterocycles. The summed E-state index contributed by atoms with van der Waals surface area (Å²) in [4.78, 5) is 17.1. The van der Waals surface area contributed by atoms with Crippen LogP contribution in [-0.2, 0) is 24.4 Å². The molecule has 1 fully saturated rings. The summed E-state index contributed by atoms with van der Waals surface area (Å²) in [5, 5.41) is 13.4. The van der Waals surface area contributed by atoms with Gasteiger partial charge in [0, 0.05) is 17.5 Å². The number of hydrogen-bond donors (Lipinski definition) is 2. The maximum atomic E-state index is 12.9. The molecule has 5 rings (SSSR count). The van der Waals surface area contributed by atoms with Crippen LogP contribution in [0.4, 0.5) is 0 Å². The van der Waals surface area contributed by atoms with Crippen LogP contribution in [0, 0.1) is 0 Å². The second kappa shape index (κ2) is 10.1. The Balaban J connectivity index is 1.40. The van der Waals surface area contributed by atoms with Gasteiger partial charge in [0.15, 0.2) is 0 Å². The van der Waals surface area contributed by atoms with Gasteiger partial charge in [0.05, 0.1) is 19.2 Å². The molecule has 1 unspecified atom stereocenters. The molecule has 1 aliphatic rings. The van der Waals surface area contributed by atoms with E-state index in [2.05, 4.69) is 32.6 Å². The Morgan fingerprint density at radius 1 is 1.18 bits per heavy atom. The van der Waals surface area contributed by atoms with Crippen molar-refractivity contribution in [1.29, 1.82) is 0 Å². The molecule has 4 aromatic rings. The standard InChI is InChI=1S/C25H28N6O3/c1-33-21-9-10-23-19(13-21)12-20(25(32)26-23)15-30(16-22-8-5-11-34-22)17-24-27-28-29-31(24)14-18-6-3-2-4-7-18/h2-4,6-7,9-10,12-13,22H,5,8,11,14-17H2,1H3,(H,26,32)/p+1/t22-/m0/s1. The van der Waals surface area contributed by atoms with Crippen LogP contribution in [0.25, 0.3) is 10.9 Å². The molecule has 0 radical (unpaired) electrons. The van der Waals surface area contributed by atoms with Gasteiger partial charge >= 0.3 is 0 Å². The van der Waals surface area contributed by atoms with Gasteiger partial charge in [0.25, 0.3) is 5.56 Å². The molecule has 176 valence electrons. The first-order valence-corrected chi connectivity index (χ1v) is 11.6. The molecule has 3 heterocycles. The number of pyridine rings is 1. The first-order chi connectivity index (χ1) is 16.7. The van der Waals surface area contributed by atoms with E-state index in [1.54, 1.807) is 7.11 Å². The van der Waals surface area contributed by atoms with Crippen molar-refractivity contribution in [3.8, 4) is 5.75 Å². The van der Waals surface area contributed by atoms with E-state index in [9.17, 15) is 4.79 Å². The van der Waals surface area contributed by atoms with E-state index in [1.165, 1.54) is 4.90 Å². The molecule has 0 saturated carbocycles. The van der Waals surface area contributed by atoms with Crippen molar-refractivity contribution in [2.24, 2.45) is 0 Å². The summed E-state index contributed by atoms with van der Waals surface area (Å²) in [7, 11) is 1.64.